The highest BCUT2D eigenvalue weighted by molar-refractivity contribution is 5.85. The van der Waals surface area contributed by atoms with Gasteiger partial charge in [0.1, 0.15) is 23.3 Å². The molecule has 0 N–H and O–H groups in total. The van der Waals surface area contributed by atoms with E-state index in [2.05, 4.69) is 9.13 Å². The van der Waals surface area contributed by atoms with Crippen molar-refractivity contribution in [3.8, 4) is 68.3 Å². The molecule has 0 aliphatic carbocycles. The van der Waals surface area contributed by atoms with E-state index in [1.54, 1.807) is 24.3 Å². The number of benzene rings is 7. The van der Waals surface area contributed by atoms with E-state index >= 15 is 0 Å². The lowest BCUT2D eigenvalue weighted by Crippen LogP contribution is -2.03. The van der Waals surface area contributed by atoms with Crippen LogP contribution in [0.2, 0.25) is 0 Å². The molecule has 0 amide bonds. The van der Waals surface area contributed by atoms with Crippen LogP contribution in [0, 0.1) is 11.6 Å². The van der Waals surface area contributed by atoms with Gasteiger partial charge in [-0.25, -0.2) is 33.7 Å². The molecule has 10 aromatic rings. The zero-order valence-electron chi connectivity index (χ0n) is 29.6. The van der Waals surface area contributed by atoms with Gasteiger partial charge in [-0.2, -0.15) is 0 Å². The van der Waals surface area contributed by atoms with E-state index in [1.807, 2.05) is 127 Å². The Hall–Kier alpha value is -7.65. The molecule has 0 saturated carbocycles. The van der Waals surface area contributed by atoms with Crippen molar-refractivity contribution in [2.24, 2.45) is 0 Å². The summed E-state index contributed by atoms with van der Waals surface area (Å²) in [5.41, 5.74) is 9.14. The van der Waals surface area contributed by atoms with Crippen LogP contribution in [0.1, 0.15) is 0 Å². The van der Waals surface area contributed by atoms with Gasteiger partial charge in [-0.05, 0) is 97.1 Å². The first-order chi connectivity index (χ1) is 27.6. The number of nitrogens with zero attached hydrogens (tertiary/aromatic N) is 7. The first-order valence-corrected chi connectivity index (χ1v) is 18.1. The summed E-state index contributed by atoms with van der Waals surface area (Å²) in [6.07, 6.45) is 0. The van der Waals surface area contributed by atoms with Gasteiger partial charge in [-0.1, -0.05) is 78.9 Å². The standard InChI is InChI=1S/C47H29F2N7/c48-35-24-20-31(21-25-35)46-50-39-16-4-6-18-41(39)55(46)37-14-8-12-33(28-37)44-52-43(30-10-2-1-3-11-30)53-45(54-44)34-13-9-15-38(29-34)56-42-19-7-5-17-40(42)51-47(56)32-22-26-36(49)27-23-32/h1-29H. The topological polar surface area (TPSA) is 74.3 Å². The fraction of sp³-hybridized carbons (Fsp3) is 0. The lowest BCUT2D eigenvalue weighted by Gasteiger charge is -2.13. The normalized spacial score (nSPS) is 11.4. The Bertz CT molecular complexity index is 2860. The van der Waals surface area contributed by atoms with E-state index in [1.165, 1.54) is 24.3 Å². The molecule has 9 heteroatoms. The van der Waals surface area contributed by atoms with Gasteiger partial charge in [0, 0.05) is 39.2 Å². The Morgan fingerprint density at radius 3 is 1.18 bits per heavy atom. The van der Waals surface area contributed by atoms with Crippen molar-refractivity contribution in [2.45, 2.75) is 0 Å². The van der Waals surface area contributed by atoms with Crippen LogP contribution in [0.15, 0.2) is 176 Å². The molecule has 0 aliphatic rings. The third-order valence-electron chi connectivity index (χ3n) is 9.72. The van der Waals surface area contributed by atoms with Crippen molar-refractivity contribution in [1.82, 2.24) is 34.1 Å². The average molecular weight is 730 g/mol. The van der Waals surface area contributed by atoms with Gasteiger partial charge in [0.15, 0.2) is 17.5 Å². The molecular weight excluding hydrogens is 701 g/mol. The molecule has 3 aromatic heterocycles. The minimum absolute atomic E-state index is 0.310. The third-order valence-corrected chi connectivity index (χ3v) is 9.72. The Balaban J connectivity index is 1.13. The highest BCUT2D eigenvalue weighted by Crippen LogP contribution is 2.34. The largest absolute Gasteiger partial charge is 0.292 e. The molecule has 0 spiro atoms. The van der Waals surface area contributed by atoms with Gasteiger partial charge in [0.05, 0.1) is 22.1 Å². The minimum atomic E-state index is -0.310. The maximum absolute atomic E-state index is 14.0. The lowest BCUT2D eigenvalue weighted by molar-refractivity contribution is 0.627. The summed E-state index contributed by atoms with van der Waals surface area (Å²) < 4.78 is 32.1. The molecule has 0 atom stereocenters. The van der Waals surface area contributed by atoms with Crippen molar-refractivity contribution in [2.75, 3.05) is 0 Å². The Kier molecular flexibility index (Phi) is 8.03. The van der Waals surface area contributed by atoms with Crippen LogP contribution in [0.5, 0.6) is 0 Å². The minimum Gasteiger partial charge on any atom is -0.292 e. The summed E-state index contributed by atoms with van der Waals surface area (Å²) in [7, 11) is 0. The second kappa shape index (κ2) is 13.6. The van der Waals surface area contributed by atoms with Gasteiger partial charge in [0.2, 0.25) is 0 Å². The highest BCUT2D eigenvalue weighted by Gasteiger charge is 2.19. The van der Waals surface area contributed by atoms with Crippen LogP contribution in [0.4, 0.5) is 8.78 Å². The first kappa shape index (κ1) is 33.0. The highest BCUT2D eigenvalue weighted by atomic mass is 19.1. The van der Waals surface area contributed by atoms with Gasteiger partial charge in [-0.3, -0.25) is 9.13 Å². The molecule has 266 valence electrons. The third kappa shape index (κ3) is 5.97. The van der Waals surface area contributed by atoms with Gasteiger partial charge in [0.25, 0.3) is 0 Å². The number of imidazole rings is 2. The number of para-hydroxylation sites is 4. The maximum atomic E-state index is 14.0. The van der Waals surface area contributed by atoms with Crippen molar-refractivity contribution in [3.05, 3.63) is 188 Å². The Morgan fingerprint density at radius 2 is 0.714 bits per heavy atom. The van der Waals surface area contributed by atoms with Crippen LogP contribution < -0.4 is 0 Å². The van der Waals surface area contributed by atoms with E-state index in [0.29, 0.717) is 29.1 Å². The fourth-order valence-electron chi connectivity index (χ4n) is 7.08. The molecule has 56 heavy (non-hydrogen) atoms. The molecule has 0 saturated heterocycles. The molecule has 0 bridgehead atoms. The Morgan fingerprint density at radius 1 is 0.321 bits per heavy atom. The van der Waals surface area contributed by atoms with E-state index in [9.17, 15) is 8.78 Å². The van der Waals surface area contributed by atoms with E-state index in [-0.39, 0.29) is 11.6 Å². The van der Waals surface area contributed by atoms with Gasteiger partial charge in [-0.15, -0.1) is 0 Å². The SMILES string of the molecule is Fc1ccc(-c2nc3ccccc3n2-c2cccc(-c3nc(-c4ccccc4)nc(-c4cccc(-n5c(-c6ccc(F)cc6)nc6ccccc65)c4)n3)c2)cc1. The Labute approximate surface area is 319 Å². The van der Waals surface area contributed by atoms with Crippen molar-refractivity contribution >= 4 is 22.1 Å². The predicted octanol–water partition coefficient (Wildman–Crippen LogP) is 11.2. The molecule has 3 heterocycles. The second-order valence-corrected chi connectivity index (χ2v) is 13.3. The smallest absolute Gasteiger partial charge is 0.164 e. The van der Waals surface area contributed by atoms with E-state index < -0.39 is 0 Å². The van der Waals surface area contributed by atoms with Crippen LogP contribution in [0.3, 0.4) is 0 Å². The molecule has 0 radical (unpaired) electrons. The summed E-state index contributed by atoms with van der Waals surface area (Å²) in [6.45, 7) is 0. The van der Waals surface area contributed by atoms with Crippen LogP contribution >= 0.6 is 0 Å². The zero-order valence-corrected chi connectivity index (χ0v) is 29.6. The number of rotatable bonds is 7. The van der Waals surface area contributed by atoms with Crippen LogP contribution in [0.25, 0.3) is 90.4 Å². The first-order valence-electron chi connectivity index (χ1n) is 18.1. The van der Waals surface area contributed by atoms with Gasteiger partial charge < -0.3 is 0 Å². The number of aromatic nitrogens is 7. The fourth-order valence-corrected chi connectivity index (χ4v) is 7.08. The van der Waals surface area contributed by atoms with Crippen molar-refractivity contribution in [3.63, 3.8) is 0 Å². The number of halogens is 2. The van der Waals surface area contributed by atoms with Crippen LogP contribution in [-0.2, 0) is 0 Å². The van der Waals surface area contributed by atoms with E-state index in [0.717, 1.165) is 61.3 Å². The summed E-state index contributed by atoms with van der Waals surface area (Å²) in [6, 6.07) is 54.5. The van der Waals surface area contributed by atoms with Crippen molar-refractivity contribution < 1.29 is 8.78 Å². The average Bonchev–Trinajstić information content (AvgIpc) is 3.84. The number of hydrogen-bond donors (Lipinski definition) is 0. The monoisotopic (exact) mass is 729 g/mol. The quantitative estimate of drug-likeness (QED) is 0.163. The molecule has 7 aromatic carbocycles. The molecule has 0 aliphatic heterocycles. The predicted molar refractivity (Wildman–Crippen MR) is 216 cm³/mol. The lowest BCUT2D eigenvalue weighted by atomic mass is 10.1. The van der Waals surface area contributed by atoms with Gasteiger partial charge >= 0.3 is 0 Å². The molecule has 0 fully saturated rings. The van der Waals surface area contributed by atoms with Crippen molar-refractivity contribution in [1.29, 1.82) is 0 Å². The van der Waals surface area contributed by atoms with E-state index in [4.69, 9.17) is 24.9 Å². The summed E-state index contributed by atoms with van der Waals surface area (Å²) in [5, 5.41) is 0. The summed E-state index contributed by atoms with van der Waals surface area (Å²) >= 11 is 0. The summed E-state index contributed by atoms with van der Waals surface area (Å²) in [4.78, 5) is 25.0. The summed E-state index contributed by atoms with van der Waals surface area (Å²) in [5.74, 6) is 2.28. The number of hydrogen-bond acceptors (Lipinski definition) is 5. The second-order valence-electron chi connectivity index (χ2n) is 13.3. The maximum Gasteiger partial charge on any atom is 0.164 e. The van der Waals surface area contributed by atoms with Crippen LogP contribution in [-0.4, -0.2) is 34.1 Å². The zero-order chi connectivity index (χ0) is 37.6. The number of fused-ring (bicyclic) bond motifs is 2. The molecule has 0 unspecified atom stereocenters. The molecular formula is C47H29F2N7. The molecule has 7 nitrogen and oxygen atoms in total. The molecule has 10 rings (SSSR count).